The number of nitrogens with zero attached hydrogens (tertiary/aromatic N) is 1. The number of H-pyrrole nitrogens is 1. The Hall–Kier alpha value is -1.86. The first kappa shape index (κ1) is 15.5. The summed E-state index contributed by atoms with van der Waals surface area (Å²) in [4.78, 5) is 19.2. The van der Waals surface area contributed by atoms with Crippen molar-refractivity contribution in [2.24, 2.45) is 0 Å². The number of hydrogen-bond acceptors (Lipinski definition) is 4. The van der Waals surface area contributed by atoms with Crippen molar-refractivity contribution in [3.63, 3.8) is 0 Å². The van der Waals surface area contributed by atoms with E-state index in [1.54, 1.807) is 19.3 Å². The van der Waals surface area contributed by atoms with Gasteiger partial charge in [0.2, 0.25) is 0 Å². The highest BCUT2D eigenvalue weighted by Crippen LogP contribution is 2.21. The summed E-state index contributed by atoms with van der Waals surface area (Å²) in [5.74, 6) is 0.133. The summed E-state index contributed by atoms with van der Waals surface area (Å²) in [6.07, 6.45) is 4.30. The molecule has 1 amide bonds. The lowest BCUT2D eigenvalue weighted by molar-refractivity contribution is 0.0938. The number of amides is 1. The normalized spacial score (nSPS) is 12.9. The third-order valence-electron chi connectivity index (χ3n) is 2.89. The second-order valence-corrected chi connectivity index (χ2v) is 7.01. The zero-order valence-electron chi connectivity index (χ0n) is 11.4. The first-order valence-corrected chi connectivity index (χ1v) is 8.35. The summed E-state index contributed by atoms with van der Waals surface area (Å²) in [6.45, 7) is 1.76. The zero-order valence-corrected chi connectivity index (χ0v) is 13.0. The average molecular weight is 328 g/mol. The Morgan fingerprint density at radius 1 is 1.43 bits per heavy atom. The molecule has 0 spiro atoms. The van der Waals surface area contributed by atoms with E-state index >= 15 is 0 Å². The number of halogens is 1. The lowest BCUT2D eigenvalue weighted by Gasteiger charge is -2.13. The number of imidazole rings is 1. The van der Waals surface area contributed by atoms with Gasteiger partial charge in [-0.15, -0.1) is 0 Å². The minimum atomic E-state index is -3.40. The molecule has 0 aliphatic heterocycles. The Morgan fingerprint density at radius 3 is 2.71 bits per heavy atom. The van der Waals surface area contributed by atoms with Crippen LogP contribution in [0.3, 0.4) is 0 Å². The maximum absolute atomic E-state index is 12.2. The molecule has 1 heterocycles. The van der Waals surface area contributed by atoms with Gasteiger partial charge in [-0.05, 0) is 25.1 Å². The first-order valence-electron chi connectivity index (χ1n) is 6.09. The molecule has 0 bridgehead atoms. The van der Waals surface area contributed by atoms with Crippen LogP contribution in [0, 0.1) is 0 Å². The molecule has 112 valence electrons. The van der Waals surface area contributed by atoms with Gasteiger partial charge in [0.25, 0.3) is 5.91 Å². The van der Waals surface area contributed by atoms with Crippen molar-refractivity contribution >= 4 is 27.3 Å². The van der Waals surface area contributed by atoms with E-state index in [4.69, 9.17) is 11.6 Å². The van der Waals surface area contributed by atoms with Crippen LogP contribution in [0.5, 0.6) is 0 Å². The number of aromatic nitrogens is 2. The van der Waals surface area contributed by atoms with E-state index < -0.39 is 15.7 Å². The second-order valence-electron chi connectivity index (χ2n) is 4.58. The molecule has 0 unspecified atom stereocenters. The van der Waals surface area contributed by atoms with Crippen LogP contribution in [-0.2, 0) is 9.84 Å². The van der Waals surface area contributed by atoms with Crippen LogP contribution in [0.25, 0.3) is 0 Å². The average Bonchev–Trinajstić information content (AvgIpc) is 2.91. The fraction of sp³-hybridized carbons (Fsp3) is 0.231. The Morgan fingerprint density at radius 2 is 2.14 bits per heavy atom. The van der Waals surface area contributed by atoms with Crippen molar-refractivity contribution < 1.29 is 13.2 Å². The predicted octanol–water partition coefficient (Wildman–Crippen LogP) is 1.96. The maximum atomic E-state index is 12.2. The molecule has 0 fully saturated rings. The summed E-state index contributed by atoms with van der Waals surface area (Å²) >= 11 is 5.97. The standard InChI is InChI=1S/C13H14ClN3O3S/c1-8(12-15-5-6-16-12)17-13(18)10-7-9(21(2,19)20)3-4-11(10)14/h3-8H,1-2H3,(H,15,16)(H,17,18)/t8-/m1/s1. The van der Waals surface area contributed by atoms with Gasteiger partial charge in [0.1, 0.15) is 5.82 Å². The largest absolute Gasteiger partial charge is 0.347 e. The molecular formula is C13H14ClN3O3S. The fourth-order valence-electron chi connectivity index (χ4n) is 1.77. The van der Waals surface area contributed by atoms with Crippen molar-refractivity contribution in [2.75, 3.05) is 6.26 Å². The second kappa shape index (κ2) is 5.87. The quantitative estimate of drug-likeness (QED) is 0.897. The van der Waals surface area contributed by atoms with Crippen LogP contribution >= 0.6 is 11.6 Å². The molecule has 0 aliphatic rings. The fourth-order valence-corrected chi connectivity index (χ4v) is 2.62. The van der Waals surface area contributed by atoms with E-state index in [1.165, 1.54) is 18.2 Å². The summed E-state index contributed by atoms with van der Waals surface area (Å²) in [6, 6.07) is 3.67. The molecular weight excluding hydrogens is 314 g/mol. The van der Waals surface area contributed by atoms with Crippen LogP contribution in [0.2, 0.25) is 5.02 Å². The number of aromatic amines is 1. The van der Waals surface area contributed by atoms with Crippen LogP contribution in [-0.4, -0.2) is 30.5 Å². The van der Waals surface area contributed by atoms with Gasteiger partial charge in [0.15, 0.2) is 9.84 Å². The molecule has 2 N–H and O–H groups in total. The highest BCUT2D eigenvalue weighted by molar-refractivity contribution is 7.90. The Kier molecular flexibility index (Phi) is 4.34. The molecule has 1 atom stereocenters. The Bertz CT molecular complexity index is 757. The van der Waals surface area contributed by atoms with Crippen molar-refractivity contribution in [3.8, 4) is 0 Å². The molecule has 2 aromatic rings. The third kappa shape index (κ3) is 3.62. The van der Waals surface area contributed by atoms with Gasteiger partial charge >= 0.3 is 0 Å². The molecule has 1 aromatic carbocycles. The van der Waals surface area contributed by atoms with Crippen LogP contribution in [0.15, 0.2) is 35.5 Å². The molecule has 0 saturated heterocycles. The number of benzene rings is 1. The molecule has 0 saturated carbocycles. The minimum absolute atomic E-state index is 0.0442. The molecule has 6 nitrogen and oxygen atoms in total. The lowest BCUT2D eigenvalue weighted by Crippen LogP contribution is -2.27. The molecule has 0 aliphatic carbocycles. The van der Waals surface area contributed by atoms with Gasteiger partial charge < -0.3 is 10.3 Å². The Balaban J connectivity index is 2.27. The highest BCUT2D eigenvalue weighted by Gasteiger charge is 2.18. The summed E-state index contributed by atoms with van der Waals surface area (Å²) < 4.78 is 23.1. The van der Waals surface area contributed by atoms with E-state index in [1.807, 2.05) is 0 Å². The van der Waals surface area contributed by atoms with Crippen LogP contribution in [0.4, 0.5) is 0 Å². The molecule has 1 aromatic heterocycles. The number of sulfone groups is 1. The van der Waals surface area contributed by atoms with Crippen molar-refractivity contribution in [2.45, 2.75) is 17.9 Å². The van der Waals surface area contributed by atoms with E-state index in [9.17, 15) is 13.2 Å². The summed E-state index contributed by atoms with van der Waals surface area (Å²) in [5.41, 5.74) is 0.109. The first-order chi connectivity index (χ1) is 9.79. The SMILES string of the molecule is C[C@@H](NC(=O)c1cc(S(C)(=O)=O)ccc1Cl)c1ncc[nH]1. The highest BCUT2D eigenvalue weighted by atomic mass is 35.5. The third-order valence-corrected chi connectivity index (χ3v) is 4.33. The van der Waals surface area contributed by atoms with Crippen molar-refractivity contribution in [1.29, 1.82) is 0 Å². The number of carbonyl (C=O) groups excluding carboxylic acids is 1. The zero-order chi connectivity index (χ0) is 15.6. The Labute approximate surface area is 127 Å². The van der Waals surface area contributed by atoms with E-state index in [0.717, 1.165) is 6.26 Å². The molecule has 2 rings (SSSR count). The molecule has 8 heteroatoms. The monoisotopic (exact) mass is 327 g/mol. The lowest BCUT2D eigenvalue weighted by atomic mass is 10.2. The predicted molar refractivity (Wildman–Crippen MR) is 79.0 cm³/mol. The van der Waals surface area contributed by atoms with Gasteiger partial charge in [0, 0.05) is 18.6 Å². The minimum Gasteiger partial charge on any atom is -0.347 e. The molecule has 21 heavy (non-hydrogen) atoms. The van der Waals surface area contributed by atoms with Gasteiger partial charge in [0.05, 0.1) is 21.5 Å². The maximum Gasteiger partial charge on any atom is 0.253 e. The van der Waals surface area contributed by atoms with Crippen LogP contribution < -0.4 is 5.32 Å². The summed E-state index contributed by atoms with van der Waals surface area (Å²) in [5, 5.41) is 2.89. The topological polar surface area (TPSA) is 91.9 Å². The van der Waals surface area contributed by atoms with Crippen molar-refractivity contribution in [1.82, 2.24) is 15.3 Å². The number of hydrogen-bond donors (Lipinski definition) is 2. The van der Waals surface area contributed by atoms with Crippen LogP contribution in [0.1, 0.15) is 29.1 Å². The number of carbonyl (C=O) groups is 1. The number of rotatable bonds is 4. The smallest absolute Gasteiger partial charge is 0.253 e. The van der Waals surface area contributed by atoms with E-state index in [-0.39, 0.29) is 21.5 Å². The number of nitrogens with one attached hydrogen (secondary N) is 2. The van der Waals surface area contributed by atoms with Gasteiger partial charge in [-0.2, -0.15) is 0 Å². The van der Waals surface area contributed by atoms with Gasteiger partial charge in [-0.3, -0.25) is 4.79 Å². The van der Waals surface area contributed by atoms with Gasteiger partial charge in [-0.25, -0.2) is 13.4 Å². The molecule has 0 radical (unpaired) electrons. The van der Waals surface area contributed by atoms with E-state index in [0.29, 0.717) is 5.82 Å². The van der Waals surface area contributed by atoms with E-state index in [2.05, 4.69) is 15.3 Å². The van der Waals surface area contributed by atoms with Crippen molar-refractivity contribution in [3.05, 3.63) is 47.0 Å². The summed E-state index contributed by atoms with van der Waals surface area (Å²) in [7, 11) is -3.40. The van der Waals surface area contributed by atoms with Gasteiger partial charge in [-0.1, -0.05) is 11.6 Å².